The van der Waals surface area contributed by atoms with Crippen molar-refractivity contribution in [3.8, 4) is 0 Å². The van der Waals surface area contributed by atoms with E-state index in [1.54, 1.807) is 0 Å². The minimum atomic E-state index is 0.453. The lowest BCUT2D eigenvalue weighted by molar-refractivity contribution is 0.232. The molecule has 2 heteroatoms. The molecule has 1 aromatic carbocycles. The predicted octanol–water partition coefficient (Wildman–Crippen LogP) is 4.74. The predicted molar refractivity (Wildman–Crippen MR) is 80.8 cm³/mol. The Balaban J connectivity index is 1.77. The van der Waals surface area contributed by atoms with Gasteiger partial charge in [-0.05, 0) is 43.1 Å². The van der Waals surface area contributed by atoms with Crippen LogP contribution in [-0.2, 0) is 4.74 Å². The van der Waals surface area contributed by atoms with Gasteiger partial charge in [0.2, 0.25) is 0 Å². The zero-order chi connectivity index (χ0) is 12.8. The molecule has 1 aromatic rings. The van der Waals surface area contributed by atoms with Crippen LogP contribution in [0.2, 0.25) is 0 Å². The fraction of sp³-hybridized carbons (Fsp3) is 0.500. The van der Waals surface area contributed by atoms with Crippen molar-refractivity contribution >= 4 is 17.3 Å². The maximum Gasteiger partial charge on any atom is 0.0886 e. The van der Waals surface area contributed by atoms with Crippen molar-refractivity contribution in [2.75, 3.05) is 12.4 Å². The molecule has 0 saturated carbocycles. The van der Waals surface area contributed by atoms with Gasteiger partial charge in [0.15, 0.2) is 0 Å². The summed E-state index contributed by atoms with van der Waals surface area (Å²) in [5, 5.41) is 0. The van der Waals surface area contributed by atoms with Gasteiger partial charge in [0.1, 0.15) is 0 Å². The SMILES string of the molecule is C/C(=C/OCCC1(C)CCCS1)c1ccccc1. The highest BCUT2D eigenvalue weighted by atomic mass is 32.2. The zero-order valence-corrected chi connectivity index (χ0v) is 12.1. The molecule has 1 heterocycles. The Morgan fingerprint density at radius 1 is 1.39 bits per heavy atom. The van der Waals surface area contributed by atoms with Crippen LogP contribution in [0.1, 0.15) is 38.7 Å². The second-order valence-corrected chi connectivity index (χ2v) is 6.87. The molecule has 1 fully saturated rings. The minimum absolute atomic E-state index is 0.453. The van der Waals surface area contributed by atoms with Crippen LogP contribution in [0.15, 0.2) is 36.6 Å². The lowest BCUT2D eigenvalue weighted by Gasteiger charge is -2.21. The number of ether oxygens (including phenoxy) is 1. The van der Waals surface area contributed by atoms with Crippen molar-refractivity contribution in [1.82, 2.24) is 0 Å². The molecule has 0 aromatic heterocycles. The third kappa shape index (κ3) is 3.81. The number of hydrogen-bond acceptors (Lipinski definition) is 2. The Morgan fingerprint density at radius 2 is 2.17 bits per heavy atom. The summed E-state index contributed by atoms with van der Waals surface area (Å²) in [6.45, 7) is 5.29. The summed E-state index contributed by atoms with van der Waals surface area (Å²) in [5.41, 5.74) is 2.43. The third-order valence-electron chi connectivity index (χ3n) is 3.54. The van der Waals surface area contributed by atoms with E-state index in [9.17, 15) is 0 Å². The van der Waals surface area contributed by atoms with Gasteiger partial charge in [0.25, 0.3) is 0 Å². The summed E-state index contributed by atoms with van der Waals surface area (Å²) < 4.78 is 6.15. The molecule has 2 rings (SSSR count). The normalized spacial score (nSPS) is 24.2. The van der Waals surface area contributed by atoms with Gasteiger partial charge in [-0.25, -0.2) is 0 Å². The number of thioether (sulfide) groups is 1. The Labute approximate surface area is 115 Å². The summed E-state index contributed by atoms with van der Waals surface area (Å²) in [6.07, 6.45) is 5.75. The lowest BCUT2D eigenvalue weighted by Crippen LogP contribution is -2.17. The standard InChI is InChI=1S/C16H22OS/c1-14(15-7-4-3-5-8-15)13-17-11-10-16(2)9-6-12-18-16/h3-5,7-8,13H,6,9-12H2,1-2H3/b14-13-. The molecular formula is C16H22OS. The Bertz CT molecular complexity index is 391. The Morgan fingerprint density at radius 3 is 2.83 bits per heavy atom. The van der Waals surface area contributed by atoms with Gasteiger partial charge in [-0.2, -0.15) is 11.8 Å². The van der Waals surface area contributed by atoms with E-state index in [1.165, 1.54) is 29.7 Å². The van der Waals surface area contributed by atoms with E-state index in [-0.39, 0.29) is 0 Å². The van der Waals surface area contributed by atoms with Gasteiger partial charge >= 0.3 is 0 Å². The molecule has 1 saturated heterocycles. The first-order valence-corrected chi connectivity index (χ1v) is 7.66. The van der Waals surface area contributed by atoms with Crippen molar-refractivity contribution in [3.05, 3.63) is 42.2 Å². The molecule has 1 nitrogen and oxygen atoms in total. The average Bonchev–Trinajstić information content (AvgIpc) is 2.83. The first kappa shape index (κ1) is 13.5. The number of hydrogen-bond donors (Lipinski definition) is 0. The lowest BCUT2D eigenvalue weighted by atomic mass is 10.0. The van der Waals surface area contributed by atoms with Crippen molar-refractivity contribution in [2.24, 2.45) is 0 Å². The average molecular weight is 262 g/mol. The van der Waals surface area contributed by atoms with Crippen LogP contribution in [0.3, 0.4) is 0 Å². The quantitative estimate of drug-likeness (QED) is 0.560. The molecule has 0 amide bonds. The molecule has 1 atom stereocenters. The van der Waals surface area contributed by atoms with E-state index >= 15 is 0 Å². The molecule has 0 radical (unpaired) electrons. The largest absolute Gasteiger partial charge is 0.501 e. The molecular weight excluding hydrogens is 240 g/mol. The zero-order valence-electron chi connectivity index (χ0n) is 11.3. The summed E-state index contributed by atoms with van der Waals surface area (Å²) in [5.74, 6) is 1.31. The van der Waals surface area contributed by atoms with Crippen LogP contribution >= 0.6 is 11.8 Å². The number of allylic oxidation sites excluding steroid dienone is 1. The van der Waals surface area contributed by atoms with Gasteiger partial charge in [-0.15, -0.1) is 0 Å². The summed E-state index contributed by atoms with van der Waals surface area (Å²) in [7, 11) is 0. The van der Waals surface area contributed by atoms with Crippen LogP contribution in [0, 0.1) is 0 Å². The molecule has 1 unspecified atom stereocenters. The van der Waals surface area contributed by atoms with Crippen LogP contribution in [0.5, 0.6) is 0 Å². The fourth-order valence-corrected chi connectivity index (χ4v) is 3.56. The minimum Gasteiger partial charge on any atom is -0.501 e. The second-order valence-electron chi connectivity index (χ2n) is 5.19. The maximum absolute atomic E-state index is 5.70. The van der Waals surface area contributed by atoms with Gasteiger partial charge in [0.05, 0.1) is 12.9 Å². The Hall–Kier alpha value is -0.890. The highest BCUT2D eigenvalue weighted by molar-refractivity contribution is 8.00. The van der Waals surface area contributed by atoms with Crippen molar-refractivity contribution in [3.63, 3.8) is 0 Å². The van der Waals surface area contributed by atoms with Crippen molar-refractivity contribution in [2.45, 2.75) is 37.9 Å². The smallest absolute Gasteiger partial charge is 0.0886 e. The topological polar surface area (TPSA) is 9.23 Å². The molecule has 0 bridgehead atoms. The van der Waals surface area contributed by atoms with E-state index in [2.05, 4.69) is 49.9 Å². The Kier molecular flexibility index (Phi) is 4.76. The molecule has 0 N–H and O–H groups in total. The number of benzene rings is 1. The van der Waals surface area contributed by atoms with E-state index in [0.717, 1.165) is 13.0 Å². The van der Waals surface area contributed by atoms with E-state index in [4.69, 9.17) is 4.74 Å². The van der Waals surface area contributed by atoms with Gasteiger partial charge in [-0.1, -0.05) is 37.3 Å². The maximum atomic E-state index is 5.70. The van der Waals surface area contributed by atoms with Crippen molar-refractivity contribution < 1.29 is 4.74 Å². The van der Waals surface area contributed by atoms with E-state index in [0.29, 0.717) is 4.75 Å². The summed E-state index contributed by atoms with van der Waals surface area (Å²) in [4.78, 5) is 0. The summed E-state index contributed by atoms with van der Waals surface area (Å²) >= 11 is 2.10. The number of rotatable bonds is 5. The molecule has 18 heavy (non-hydrogen) atoms. The molecule has 1 aliphatic heterocycles. The molecule has 0 spiro atoms. The van der Waals surface area contributed by atoms with Gasteiger partial charge in [-0.3, -0.25) is 0 Å². The van der Waals surface area contributed by atoms with Crippen molar-refractivity contribution in [1.29, 1.82) is 0 Å². The third-order valence-corrected chi connectivity index (χ3v) is 5.14. The van der Waals surface area contributed by atoms with Gasteiger partial charge in [0, 0.05) is 4.75 Å². The molecule has 0 aliphatic carbocycles. The molecule has 1 aliphatic rings. The van der Waals surface area contributed by atoms with Crippen LogP contribution in [0.4, 0.5) is 0 Å². The first-order valence-electron chi connectivity index (χ1n) is 6.67. The van der Waals surface area contributed by atoms with Crippen LogP contribution in [0.25, 0.3) is 5.57 Å². The monoisotopic (exact) mass is 262 g/mol. The summed E-state index contributed by atoms with van der Waals surface area (Å²) in [6, 6.07) is 10.4. The fourth-order valence-electron chi connectivity index (χ4n) is 2.26. The second kappa shape index (κ2) is 6.33. The highest BCUT2D eigenvalue weighted by Crippen LogP contribution is 2.40. The van der Waals surface area contributed by atoms with E-state index in [1.807, 2.05) is 12.3 Å². The van der Waals surface area contributed by atoms with Crippen LogP contribution < -0.4 is 0 Å². The highest BCUT2D eigenvalue weighted by Gasteiger charge is 2.28. The van der Waals surface area contributed by atoms with Crippen LogP contribution in [-0.4, -0.2) is 17.1 Å². The van der Waals surface area contributed by atoms with Gasteiger partial charge < -0.3 is 4.74 Å². The first-order chi connectivity index (χ1) is 8.70. The molecule has 98 valence electrons. The van der Waals surface area contributed by atoms with E-state index < -0.39 is 0 Å².